The molecule has 0 atom stereocenters. The first-order chi connectivity index (χ1) is 17.7. The van der Waals surface area contributed by atoms with E-state index in [4.69, 9.17) is 23.2 Å². The van der Waals surface area contributed by atoms with Gasteiger partial charge in [0.15, 0.2) is 0 Å². The Labute approximate surface area is 226 Å². The first-order valence-electron chi connectivity index (χ1n) is 12.4. The number of carbonyl (C=O) groups is 3. The molecule has 37 heavy (non-hydrogen) atoms. The van der Waals surface area contributed by atoms with E-state index in [1.807, 2.05) is 0 Å². The van der Waals surface area contributed by atoms with Crippen molar-refractivity contribution in [1.29, 1.82) is 0 Å². The third kappa shape index (κ3) is 6.89. The van der Waals surface area contributed by atoms with Crippen LogP contribution in [-0.2, 0) is 20.0 Å². The van der Waals surface area contributed by atoms with Crippen molar-refractivity contribution in [3.63, 3.8) is 0 Å². The van der Waals surface area contributed by atoms with Crippen molar-refractivity contribution in [2.45, 2.75) is 31.3 Å². The lowest BCUT2D eigenvalue weighted by Gasteiger charge is -2.38. The van der Waals surface area contributed by atoms with Crippen LogP contribution in [0.1, 0.15) is 36.8 Å². The number of aliphatic hydroxyl groups is 1. The number of pyridine rings is 1. The van der Waals surface area contributed by atoms with E-state index in [1.54, 1.807) is 63.5 Å². The summed E-state index contributed by atoms with van der Waals surface area (Å²) in [5.74, 6) is -0.291. The lowest BCUT2D eigenvalue weighted by molar-refractivity contribution is -0.137. The molecule has 2 aliphatic rings. The average molecular weight is 545 g/mol. The van der Waals surface area contributed by atoms with Crippen LogP contribution in [0.4, 0.5) is 0 Å². The minimum absolute atomic E-state index is 0.0358. The van der Waals surface area contributed by atoms with Crippen LogP contribution in [0.5, 0.6) is 0 Å². The van der Waals surface area contributed by atoms with E-state index in [0.717, 1.165) is 11.1 Å². The summed E-state index contributed by atoms with van der Waals surface area (Å²) in [7, 11) is 0. The highest BCUT2D eigenvalue weighted by Crippen LogP contribution is 2.32. The average Bonchev–Trinajstić information content (AvgIpc) is 3.10. The van der Waals surface area contributed by atoms with Crippen LogP contribution in [0, 0.1) is 0 Å². The Balaban J connectivity index is 1.24. The predicted octanol–water partition coefficient (Wildman–Crippen LogP) is 3.36. The zero-order valence-corrected chi connectivity index (χ0v) is 22.0. The Morgan fingerprint density at radius 3 is 2.41 bits per heavy atom. The Bertz CT molecular complexity index is 1170. The van der Waals surface area contributed by atoms with Crippen molar-refractivity contribution < 1.29 is 19.5 Å². The van der Waals surface area contributed by atoms with Crippen molar-refractivity contribution >= 4 is 47.0 Å². The molecule has 3 heterocycles. The quantitative estimate of drug-likeness (QED) is 0.562. The van der Waals surface area contributed by atoms with Crippen molar-refractivity contribution in [2.75, 3.05) is 39.3 Å². The summed E-state index contributed by atoms with van der Waals surface area (Å²) in [6, 6.07) is 8.73. The van der Waals surface area contributed by atoms with Gasteiger partial charge in [-0.05, 0) is 54.3 Å². The van der Waals surface area contributed by atoms with Gasteiger partial charge in [-0.3, -0.25) is 19.4 Å². The van der Waals surface area contributed by atoms with Crippen molar-refractivity contribution in [1.82, 2.24) is 19.7 Å². The van der Waals surface area contributed by atoms with Gasteiger partial charge in [-0.1, -0.05) is 29.3 Å². The number of benzene rings is 1. The first-order valence-corrected chi connectivity index (χ1v) is 13.1. The number of likely N-dealkylation sites (tertiary alicyclic amines) is 1. The smallest absolute Gasteiger partial charge is 0.246 e. The lowest BCUT2D eigenvalue weighted by Crippen LogP contribution is -2.46. The summed E-state index contributed by atoms with van der Waals surface area (Å²) < 4.78 is 0. The zero-order chi connectivity index (χ0) is 26.4. The van der Waals surface area contributed by atoms with E-state index in [1.165, 1.54) is 6.08 Å². The summed E-state index contributed by atoms with van der Waals surface area (Å²) in [5, 5.41) is 11.8. The van der Waals surface area contributed by atoms with Gasteiger partial charge in [0, 0.05) is 70.6 Å². The maximum absolute atomic E-state index is 12.8. The molecule has 1 N–H and O–H groups in total. The Kier molecular flexibility index (Phi) is 8.84. The molecule has 10 heteroatoms. The fourth-order valence-electron chi connectivity index (χ4n) is 4.68. The van der Waals surface area contributed by atoms with Gasteiger partial charge in [0.25, 0.3) is 0 Å². The molecule has 2 fully saturated rings. The van der Waals surface area contributed by atoms with E-state index in [-0.39, 0.29) is 30.6 Å². The molecular formula is C27H30Cl2N4O4. The van der Waals surface area contributed by atoms with Gasteiger partial charge in [-0.2, -0.15) is 0 Å². The Morgan fingerprint density at radius 1 is 0.973 bits per heavy atom. The molecule has 4 rings (SSSR count). The lowest BCUT2D eigenvalue weighted by atomic mass is 9.85. The molecule has 0 bridgehead atoms. The number of amides is 3. The highest BCUT2D eigenvalue weighted by molar-refractivity contribution is 6.42. The Morgan fingerprint density at radius 2 is 1.70 bits per heavy atom. The summed E-state index contributed by atoms with van der Waals surface area (Å²) in [4.78, 5) is 47.2. The van der Waals surface area contributed by atoms with Gasteiger partial charge in [-0.25, -0.2) is 0 Å². The normalized spacial score (nSPS) is 18.2. The molecule has 0 aliphatic carbocycles. The van der Waals surface area contributed by atoms with Crippen LogP contribution in [0.2, 0.25) is 10.0 Å². The largest absolute Gasteiger partial charge is 0.385 e. The highest BCUT2D eigenvalue weighted by atomic mass is 35.5. The minimum Gasteiger partial charge on any atom is -0.385 e. The van der Waals surface area contributed by atoms with Gasteiger partial charge in [0.05, 0.1) is 15.6 Å². The predicted molar refractivity (Wildman–Crippen MR) is 142 cm³/mol. The SMILES string of the molecule is O=C(/C=C/c1ccc(Cl)c(Cl)c1)N1CCC(=O)N(CCC(=O)N2CCC(O)(c3ccncc3)CC2)CC1. The maximum Gasteiger partial charge on any atom is 0.246 e. The molecule has 2 aliphatic heterocycles. The number of piperidine rings is 1. The number of nitrogens with zero attached hydrogens (tertiary/aromatic N) is 4. The van der Waals surface area contributed by atoms with Gasteiger partial charge in [-0.15, -0.1) is 0 Å². The number of carbonyl (C=O) groups excluding carboxylic acids is 3. The molecule has 1 aromatic heterocycles. The molecule has 2 aromatic rings. The van der Waals surface area contributed by atoms with E-state index in [2.05, 4.69) is 4.98 Å². The molecule has 2 saturated heterocycles. The number of halogens is 2. The standard InChI is InChI=1S/C27H30Cl2N4O4/c28-22-3-1-20(19-23(22)29)2-4-24(34)31-13-7-25(35)32(18-17-31)14-8-26(36)33-15-9-27(37,10-16-33)21-5-11-30-12-6-21/h1-6,11-12,19,37H,7-10,13-18H2/b4-2+. The third-order valence-electron chi connectivity index (χ3n) is 7.02. The molecule has 1 aromatic carbocycles. The van der Waals surface area contributed by atoms with Crippen molar-refractivity contribution in [3.8, 4) is 0 Å². The number of hydrogen-bond acceptors (Lipinski definition) is 5. The van der Waals surface area contributed by atoms with E-state index in [9.17, 15) is 19.5 Å². The number of aromatic nitrogens is 1. The molecule has 3 amide bonds. The van der Waals surface area contributed by atoms with E-state index >= 15 is 0 Å². The highest BCUT2D eigenvalue weighted by Gasteiger charge is 2.35. The van der Waals surface area contributed by atoms with Gasteiger partial charge < -0.3 is 19.8 Å². The van der Waals surface area contributed by atoms with Gasteiger partial charge in [0.1, 0.15) is 0 Å². The fourth-order valence-corrected chi connectivity index (χ4v) is 4.98. The molecule has 0 saturated carbocycles. The van der Waals surface area contributed by atoms with Crippen molar-refractivity contribution in [2.24, 2.45) is 0 Å². The van der Waals surface area contributed by atoms with Crippen LogP contribution >= 0.6 is 23.2 Å². The van der Waals surface area contributed by atoms with Crippen LogP contribution < -0.4 is 0 Å². The molecule has 0 unspecified atom stereocenters. The fraction of sp³-hybridized carbons (Fsp3) is 0.407. The maximum atomic E-state index is 12.8. The molecule has 0 spiro atoms. The molecule has 0 radical (unpaired) electrons. The second-order valence-electron chi connectivity index (χ2n) is 9.36. The van der Waals surface area contributed by atoms with E-state index < -0.39 is 5.60 Å². The topological polar surface area (TPSA) is 94.1 Å². The number of hydrogen-bond donors (Lipinski definition) is 1. The summed E-state index contributed by atoms with van der Waals surface area (Å²) in [6.07, 6.45) is 7.78. The van der Waals surface area contributed by atoms with Crippen LogP contribution in [0.15, 0.2) is 48.8 Å². The number of rotatable bonds is 6. The van der Waals surface area contributed by atoms with Gasteiger partial charge >= 0.3 is 0 Å². The molecule has 8 nitrogen and oxygen atoms in total. The first kappa shape index (κ1) is 27.1. The third-order valence-corrected chi connectivity index (χ3v) is 7.76. The second-order valence-corrected chi connectivity index (χ2v) is 10.2. The zero-order valence-electron chi connectivity index (χ0n) is 20.5. The van der Waals surface area contributed by atoms with E-state index in [0.29, 0.717) is 62.2 Å². The summed E-state index contributed by atoms with van der Waals surface area (Å²) in [6.45, 7) is 2.32. The van der Waals surface area contributed by atoms with Crippen LogP contribution in [-0.4, -0.2) is 81.8 Å². The minimum atomic E-state index is -0.954. The van der Waals surface area contributed by atoms with Gasteiger partial charge in [0.2, 0.25) is 17.7 Å². The van der Waals surface area contributed by atoms with Crippen molar-refractivity contribution in [3.05, 3.63) is 70.0 Å². The summed E-state index contributed by atoms with van der Waals surface area (Å²) >= 11 is 12.0. The van der Waals surface area contributed by atoms with Crippen LogP contribution in [0.25, 0.3) is 6.08 Å². The molecular weight excluding hydrogens is 515 g/mol. The Hall–Kier alpha value is -2.94. The monoisotopic (exact) mass is 544 g/mol. The molecule has 196 valence electrons. The second kappa shape index (κ2) is 12.1. The van der Waals surface area contributed by atoms with Crippen LogP contribution in [0.3, 0.4) is 0 Å². The summed E-state index contributed by atoms with van der Waals surface area (Å²) in [5.41, 5.74) is 0.617.